The van der Waals surface area contributed by atoms with Crippen LogP contribution < -0.4 is 10.1 Å². The van der Waals surface area contributed by atoms with E-state index >= 15 is 0 Å². The number of nitro groups is 1. The second-order valence-electron chi connectivity index (χ2n) is 4.50. The molecule has 2 aromatic carbocycles. The molecule has 0 saturated heterocycles. The number of halogens is 1. The number of non-ortho nitro benzene ring substituents is 1. The lowest BCUT2D eigenvalue weighted by molar-refractivity contribution is -0.385. The third-order valence-electron chi connectivity index (χ3n) is 3.05. The third kappa shape index (κ3) is 3.10. The van der Waals surface area contributed by atoms with Gasteiger partial charge in [0.2, 0.25) is 0 Å². The van der Waals surface area contributed by atoms with Crippen molar-refractivity contribution in [3.63, 3.8) is 0 Å². The average Bonchev–Trinajstić information content (AvgIpc) is 2.52. The lowest BCUT2D eigenvalue weighted by atomic mass is 10.2. The topological polar surface area (TPSA) is 64.4 Å². The molecule has 0 fully saturated rings. The molecule has 5 nitrogen and oxygen atoms in total. The van der Waals surface area contributed by atoms with E-state index in [4.69, 9.17) is 4.74 Å². The number of ether oxygens (including phenoxy) is 1. The van der Waals surface area contributed by atoms with Crippen molar-refractivity contribution in [2.24, 2.45) is 0 Å². The molecule has 1 heterocycles. The van der Waals surface area contributed by atoms with Gasteiger partial charge in [-0.25, -0.2) is 0 Å². The van der Waals surface area contributed by atoms with Gasteiger partial charge in [-0.2, -0.15) is 0 Å². The fourth-order valence-electron chi connectivity index (χ4n) is 2.04. The van der Waals surface area contributed by atoms with Crippen LogP contribution in [0, 0.1) is 10.1 Å². The first-order chi connectivity index (χ1) is 10.7. The molecule has 112 valence electrons. The molecule has 3 rings (SSSR count). The fourth-order valence-corrected chi connectivity index (χ4v) is 3.24. The molecule has 1 aliphatic heterocycles. The number of nitrogens with one attached hydrogen (secondary N) is 1. The van der Waals surface area contributed by atoms with Gasteiger partial charge in [0.25, 0.3) is 5.69 Å². The van der Waals surface area contributed by atoms with E-state index in [1.165, 1.54) is 17.8 Å². The van der Waals surface area contributed by atoms with Crippen molar-refractivity contribution in [2.45, 2.75) is 9.79 Å². The van der Waals surface area contributed by atoms with E-state index in [0.29, 0.717) is 6.61 Å². The number of nitrogens with zero attached hydrogens (tertiary/aromatic N) is 1. The lowest BCUT2D eigenvalue weighted by Gasteiger charge is -2.21. The summed E-state index contributed by atoms with van der Waals surface area (Å²) in [5, 5.41) is 14.2. The highest BCUT2D eigenvalue weighted by molar-refractivity contribution is 9.11. The molecule has 0 saturated carbocycles. The Morgan fingerprint density at radius 3 is 2.68 bits per heavy atom. The van der Waals surface area contributed by atoms with Crippen LogP contribution in [-0.2, 0) is 0 Å². The van der Waals surface area contributed by atoms with Gasteiger partial charge in [0.05, 0.1) is 16.3 Å². The van der Waals surface area contributed by atoms with Crippen LogP contribution in [0.25, 0.3) is 0 Å². The van der Waals surface area contributed by atoms with Crippen LogP contribution in [0.15, 0.2) is 57.3 Å². The average molecular weight is 379 g/mol. The van der Waals surface area contributed by atoms with Crippen LogP contribution in [0.1, 0.15) is 0 Å². The second kappa shape index (κ2) is 6.41. The molecule has 2 aromatic rings. The van der Waals surface area contributed by atoms with E-state index in [9.17, 15) is 10.1 Å². The molecule has 0 aromatic heterocycles. The second-order valence-corrected chi connectivity index (χ2v) is 6.11. The van der Waals surface area contributed by atoms with Gasteiger partial charge in [-0.05, 0) is 35.3 Å². The van der Waals surface area contributed by atoms with E-state index in [0.717, 1.165) is 26.9 Å². The largest absolute Gasteiger partial charge is 0.489 e. The van der Waals surface area contributed by atoms with E-state index in [-0.39, 0.29) is 10.6 Å². The molecular weight excluding hydrogens is 368 g/mol. The fraction of sp³-hybridized carbons (Fsp3) is 0.0667. The summed E-state index contributed by atoms with van der Waals surface area (Å²) in [5.74, 6) is 0.757. The zero-order chi connectivity index (χ0) is 15.5. The molecule has 0 amide bonds. The quantitative estimate of drug-likeness (QED) is 0.505. The monoisotopic (exact) mass is 378 g/mol. The summed E-state index contributed by atoms with van der Waals surface area (Å²) in [7, 11) is 0. The van der Waals surface area contributed by atoms with Crippen molar-refractivity contribution in [2.75, 3.05) is 11.9 Å². The zero-order valence-electron chi connectivity index (χ0n) is 11.3. The number of anilines is 2. The van der Waals surface area contributed by atoms with Crippen LogP contribution >= 0.6 is 27.7 Å². The van der Waals surface area contributed by atoms with Crippen LogP contribution in [0.5, 0.6) is 5.75 Å². The molecule has 0 aliphatic carbocycles. The van der Waals surface area contributed by atoms with Crippen LogP contribution in [0.3, 0.4) is 0 Å². The Balaban J connectivity index is 1.86. The van der Waals surface area contributed by atoms with Gasteiger partial charge < -0.3 is 10.1 Å². The number of hydrogen-bond donors (Lipinski definition) is 1. The summed E-state index contributed by atoms with van der Waals surface area (Å²) in [6, 6.07) is 10.6. The van der Waals surface area contributed by atoms with Crippen molar-refractivity contribution in [3.05, 3.63) is 57.6 Å². The number of nitro benzene ring substituents is 1. The van der Waals surface area contributed by atoms with Gasteiger partial charge in [-0.3, -0.25) is 10.1 Å². The van der Waals surface area contributed by atoms with Crippen molar-refractivity contribution in [1.82, 2.24) is 0 Å². The van der Waals surface area contributed by atoms with Crippen molar-refractivity contribution >= 4 is 44.8 Å². The molecule has 7 heteroatoms. The first-order valence-corrected chi connectivity index (χ1v) is 8.16. The van der Waals surface area contributed by atoms with Gasteiger partial charge in [0.15, 0.2) is 0 Å². The Bertz CT molecular complexity index is 764. The summed E-state index contributed by atoms with van der Waals surface area (Å²) >= 11 is 4.68. The standard InChI is InChI=1S/C15H11BrN2O3S/c16-6-1-7-21-11-3-5-13-15(9-11)22-14-8-10(18(19)20)2-4-12(14)17-13/h1-6,8-9,17H,7H2. The Hall–Kier alpha value is -1.99. The van der Waals surface area contributed by atoms with Crippen LogP contribution in [0.4, 0.5) is 17.1 Å². The molecule has 1 N–H and O–H groups in total. The minimum absolute atomic E-state index is 0.0892. The SMILES string of the molecule is O=[N+]([O-])c1ccc2c(c1)Sc1cc(OCC=CBr)ccc1N2. The van der Waals surface area contributed by atoms with E-state index < -0.39 is 0 Å². The molecule has 0 spiro atoms. The summed E-state index contributed by atoms with van der Waals surface area (Å²) in [6.07, 6.45) is 1.85. The predicted molar refractivity (Wildman–Crippen MR) is 90.5 cm³/mol. The summed E-state index contributed by atoms with van der Waals surface area (Å²) in [6.45, 7) is 0.476. The third-order valence-corrected chi connectivity index (χ3v) is 4.54. The van der Waals surface area contributed by atoms with E-state index in [1.807, 2.05) is 24.3 Å². The van der Waals surface area contributed by atoms with Crippen LogP contribution in [0.2, 0.25) is 0 Å². The highest BCUT2D eigenvalue weighted by Gasteiger charge is 2.19. The molecule has 0 radical (unpaired) electrons. The Morgan fingerprint density at radius 2 is 1.95 bits per heavy atom. The van der Waals surface area contributed by atoms with Gasteiger partial charge in [0.1, 0.15) is 12.4 Å². The lowest BCUT2D eigenvalue weighted by Crippen LogP contribution is -2.01. The summed E-state index contributed by atoms with van der Waals surface area (Å²) in [4.78, 5) is 14.1. The zero-order valence-corrected chi connectivity index (χ0v) is 13.7. The first-order valence-electron chi connectivity index (χ1n) is 6.43. The Kier molecular flexibility index (Phi) is 4.35. The Labute approximate surface area is 139 Å². The van der Waals surface area contributed by atoms with Crippen molar-refractivity contribution in [1.29, 1.82) is 0 Å². The van der Waals surface area contributed by atoms with Gasteiger partial charge in [-0.15, -0.1) is 0 Å². The molecular formula is C15H11BrN2O3S. The van der Waals surface area contributed by atoms with E-state index in [1.54, 1.807) is 17.1 Å². The molecule has 22 heavy (non-hydrogen) atoms. The predicted octanol–water partition coefficient (Wildman–Crippen LogP) is 5.09. The number of fused-ring (bicyclic) bond motifs is 2. The molecule has 0 unspecified atom stereocenters. The maximum atomic E-state index is 10.9. The van der Waals surface area contributed by atoms with Crippen molar-refractivity contribution in [3.8, 4) is 5.75 Å². The van der Waals surface area contributed by atoms with E-state index in [2.05, 4.69) is 21.2 Å². The minimum Gasteiger partial charge on any atom is -0.489 e. The van der Waals surface area contributed by atoms with Gasteiger partial charge >= 0.3 is 0 Å². The highest BCUT2D eigenvalue weighted by Crippen LogP contribution is 2.46. The number of hydrogen-bond acceptors (Lipinski definition) is 5. The summed E-state index contributed by atoms with van der Waals surface area (Å²) < 4.78 is 5.60. The molecule has 0 atom stereocenters. The van der Waals surface area contributed by atoms with Crippen LogP contribution in [-0.4, -0.2) is 11.5 Å². The number of rotatable bonds is 4. The molecule has 1 aliphatic rings. The Morgan fingerprint density at radius 1 is 1.23 bits per heavy atom. The normalized spacial score (nSPS) is 12.4. The first kappa shape index (κ1) is 14.9. The maximum absolute atomic E-state index is 10.9. The van der Waals surface area contributed by atoms with Gasteiger partial charge in [0, 0.05) is 21.9 Å². The minimum atomic E-state index is -0.386. The maximum Gasteiger partial charge on any atom is 0.270 e. The van der Waals surface area contributed by atoms with Crippen molar-refractivity contribution < 1.29 is 9.66 Å². The smallest absolute Gasteiger partial charge is 0.270 e. The molecule has 0 bridgehead atoms. The summed E-state index contributed by atoms with van der Waals surface area (Å²) in [5.41, 5.74) is 1.93. The highest BCUT2D eigenvalue weighted by atomic mass is 79.9. The number of benzene rings is 2. The van der Waals surface area contributed by atoms with Gasteiger partial charge in [-0.1, -0.05) is 27.7 Å².